The smallest absolute Gasteiger partial charge is 0.254 e. The number of benzene rings is 1. The van der Waals surface area contributed by atoms with Crippen LogP contribution in [0.3, 0.4) is 0 Å². The van der Waals surface area contributed by atoms with E-state index >= 15 is 0 Å². The third-order valence-corrected chi connectivity index (χ3v) is 6.71. The van der Waals surface area contributed by atoms with Gasteiger partial charge in [-0.05, 0) is 49.9 Å². The minimum Gasteiger partial charge on any atom is -0.497 e. The Morgan fingerprint density at radius 1 is 1.16 bits per heavy atom. The number of ether oxygens (including phenoxy) is 1. The zero-order valence-corrected chi connectivity index (χ0v) is 17.5. The van der Waals surface area contributed by atoms with Gasteiger partial charge >= 0.3 is 0 Å². The maximum atomic E-state index is 13.2. The van der Waals surface area contributed by atoms with Crippen molar-refractivity contribution in [1.82, 2.24) is 9.88 Å². The molecule has 2 bridgehead atoms. The minimum absolute atomic E-state index is 0.0826. The average Bonchev–Trinajstić information content (AvgIpc) is 3.36. The number of carbonyl (C=O) groups is 2. The predicted molar refractivity (Wildman–Crippen MR) is 118 cm³/mol. The summed E-state index contributed by atoms with van der Waals surface area (Å²) in [6.45, 7) is 0. The monoisotopic (exact) mass is 418 g/mol. The first-order valence-electron chi connectivity index (χ1n) is 10.8. The molecule has 2 amide bonds. The van der Waals surface area contributed by atoms with E-state index in [0.29, 0.717) is 11.1 Å². The van der Waals surface area contributed by atoms with Crippen molar-refractivity contribution in [3.05, 3.63) is 58.9 Å². The highest BCUT2D eigenvalue weighted by Crippen LogP contribution is 2.39. The van der Waals surface area contributed by atoms with E-state index in [1.54, 1.807) is 13.3 Å². The maximum Gasteiger partial charge on any atom is 0.254 e. The minimum atomic E-state index is -0.479. The fourth-order valence-electron chi connectivity index (χ4n) is 5.25. The van der Waals surface area contributed by atoms with Crippen molar-refractivity contribution < 1.29 is 14.3 Å². The lowest BCUT2D eigenvalue weighted by Gasteiger charge is -2.40. The molecule has 7 heteroatoms. The molecule has 0 unspecified atom stereocenters. The van der Waals surface area contributed by atoms with Gasteiger partial charge < -0.3 is 20.7 Å². The quantitative estimate of drug-likeness (QED) is 0.778. The molecule has 0 saturated carbocycles. The third-order valence-electron chi connectivity index (χ3n) is 6.71. The summed E-state index contributed by atoms with van der Waals surface area (Å²) in [7, 11) is 1.62. The van der Waals surface area contributed by atoms with E-state index in [4.69, 9.17) is 10.5 Å². The van der Waals surface area contributed by atoms with Crippen LogP contribution in [0.1, 0.15) is 57.7 Å². The van der Waals surface area contributed by atoms with Gasteiger partial charge in [-0.1, -0.05) is 12.2 Å². The SMILES string of the molecule is COc1ccc(C(=O)N2[C@H]3CC[C@H]2CC(Nc2c(C(N)=O)cnc4c2C=CC4)C3)cc1. The van der Waals surface area contributed by atoms with Gasteiger partial charge in [-0.15, -0.1) is 0 Å². The summed E-state index contributed by atoms with van der Waals surface area (Å²) in [5, 5.41) is 3.60. The highest BCUT2D eigenvalue weighted by Gasteiger charge is 2.43. The second-order valence-corrected chi connectivity index (χ2v) is 8.52. The largest absolute Gasteiger partial charge is 0.497 e. The van der Waals surface area contributed by atoms with Crippen molar-refractivity contribution in [3.8, 4) is 5.75 Å². The van der Waals surface area contributed by atoms with Gasteiger partial charge in [0, 0.05) is 41.9 Å². The highest BCUT2D eigenvalue weighted by molar-refractivity contribution is 6.00. The number of hydrogen-bond donors (Lipinski definition) is 2. The predicted octanol–water partition coefficient (Wildman–Crippen LogP) is 3.01. The lowest BCUT2D eigenvalue weighted by Crippen LogP contribution is -2.49. The normalized spacial score (nSPS) is 23.5. The molecule has 160 valence electrons. The van der Waals surface area contributed by atoms with Crippen LogP contribution < -0.4 is 15.8 Å². The van der Waals surface area contributed by atoms with Gasteiger partial charge in [0.25, 0.3) is 11.8 Å². The number of aromatic nitrogens is 1. The van der Waals surface area contributed by atoms with E-state index in [-0.39, 0.29) is 24.0 Å². The summed E-state index contributed by atoms with van der Waals surface area (Å²) in [4.78, 5) is 31.7. The Morgan fingerprint density at radius 3 is 2.52 bits per heavy atom. The number of nitrogens with two attached hydrogens (primary N) is 1. The fourth-order valence-corrected chi connectivity index (χ4v) is 5.25. The molecule has 0 radical (unpaired) electrons. The van der Waals surface area contributed by atoms with Gasteiger partial charge in [-0.3, -0.25) is 14.6 Å². The van der Waals surface area contributed by atoms with E-state index in [9.17, 15) is 9.59 Å². The van der Waals surface area contributed by atoms with Crippen LogP contribution in [-0.2, 0) is 6.42 Å². The number of nitrogens with one attached hydrogen (secondary N) is 1. The van der Waals surface area contributed by atoms with Crippen LogP contribution in [0.4, 0.5) is 5.69 Å². The Labute approximate surface area is 181 Å². The number of amides is 2. The molecule has 2 fully saturated rings. The van der Waals surface area contributed by atoms with Crippen molar-refractivity contribution in [1.29, 1.82) is 0 Å². The summed E-state index contributed by atoms with van der Waals surface area (Å²) in [6, 6.07) is 7.86. The first-order valence-corrected chi connectivity index (χ1v) is 10.8. The van der Waals surface area contributed by atoms with Crippen molar-refractivity contribution in [2.45, 2.75) is 50.2 Å². The number of anilines is 1. The van der Waals surface area contributed by atoms with Crippen LogP contribution in [-0.4, -0.2) is 46.9 Å². The Bertz CT molecular complexity index is 1050. The number of rotatable bonds is 5. The molecule has 5 rings (SSSR count). The van der Waals surface area contributed by atoms with Gasteiger partial charge in [0.15, 0.2) is 0 Å². The molecule has 3 aliphatic rings. The molecule has 1 aromatic heterocycles. The standard InChI is InChI=1S/C24H26N4O3/c1-31-18-9-5-14(6-10-18)24(30)28-16-7-8-17(28)12-15(11-16)27-22-19-3-2-4-21(19)26-13-20(22)23(25)29/h2-3,5-6,9-10,13,15-17H,4,7-8,11-12H2,1H3,(H2,25,29)(H,26,27)/t16-,17-/m0/s1. The molecule has 1 aromatic carbocycles. The second kappa shape index (κ2) is 7.72. The molecule has 2 atom stereocenters. The molecule has 3 heterocycles. The summed E-state index contributed by atoms with van der Waals surface area (Å²) in [5.74, 6) is 0.346. The third kappa shape index (κ3) is 3.44. The van der Waals surface area contributed by atoms with Gasteiger partial charge in [-0.2, -0.15) is 0 Å². The number of nitrogens with zero attached hydrogens (tertiary/aromatic N) is 2. The van der Waals surface area contributed by atoms with E-state index in [1.807, 2.05) is 36.4 Å². The van der Waals surface area contributed by atoms with Crippen LogP contribution in [0.15, 0.2) is 36.5 Å². The molecule has 2 aromatic rings. The summed E-state index contributed by atoms with van der Waals surface area (Å²) < 4.78 is 5.20. The van der Waals surface area contributed by atoms with Gasteiger partial charge in [0.1, 0.15) is 5.75 Å². The van der Waals surface area contributed by atoms with Gasteiger partial charge in [0.2, 0.25) is 0 Å². The van der Waals surface area contributed by atoms with Crippen LogP contribution in [0.2, 0.25) is 0 Å². The van der Waals surface area contributed by atoms with Crippen molar-refractivity contribution in [3.63, 3.8) is 0 Å². The highest BCUT2D eigenvalue weighted by atomic mass is 16.5. The molecule has 1 aliphatic carbocycles. The summed E-state index contributed by atoms with van der Waals surface area (Å²) in [5.41, 5.74) is 9.44. The van der Waals surface area contributed by atoms with E-state index in [1.165, 1.54) is 0 Å². The number of allylic oxidation sites excluding steroid dienone is 1. The van der Waals surface area contributed by atoms with E-state index in [0.717, 1.165) is 54.8 Å². The van der Waals surface area contributed by atoms with E-state index < -0.39 is 5.91 Å². The number of fused-ring (bicyclic) bond motifs is 3. The van der Waals surface area contributed by atoms with Crippen molar-refractivity contribution in [2.24, 2.45) is 5.73 Å². The van der Waals surface area contributed by atoms with Crippen molar-refractivity contribution >= 4 is 23.6 Å². The Balaban J connectivity index is 1.35. The average molecular weight is 418 g/mol. The molecule has 2 saturated heterocycles. The van der Waals surface area contributed by atoms with Crippen LogP contribution in [0.5, 0.6) is 5.75 Å². The first kappa shape index (κ1) is 19.6. The zero-order valence-electron chi connectivity index (χ0n) is 17.5. The number of carbonyl (C=O) groups excluding carboxylic acids is 2. The van der Waals surface area contributed by atoms with Gasteiger partial charge in [0.05, 0.1) is 24.1 Å². The number of hydrogen-bond acceptors (Lipinski definition) is 5. The fraction of sp³-hybridized carbons (Fsp3) is 0.375. The first-order chi connectivity index (χ1) is 15.0. The lowest BCUT2D eigenvalue weighted by atomic mass is 9.95. The summed E-state index contributed by atoms with van der Waals surface area (Å²) >= 11 is 0. The molecule has 0 spiro atoms. The molecular formula is C24H26N4O3. The zero-order chi connectivity index (χ0) is 21.5. The Hall–Kier alpha value is -3.35. The van der Waals surface area contributed by atoms with Crippen LogP contribution in [0.25, 0.3) is 6.08 Å². The number of pyridine rings is 1. The van der Waals surface area contributed by atoms with E-state index in [2.05, 4.69) is 15.2 Å². The number of piperidine rings is 1. The van der Waals surface area contributed by atoms with Crippen molar-refractivity contribution in [2.75, 3.05) is 12.4 Å². The molecule has 3 N–H and O–H groups in total. The number of methoxy groups -OCH3 is 1. The maximum absolute atomic E-state index is 13.2. The number of primary amides is 1. The van der Waals surface area contributed by atoms with Gasteiger partial charge in [-0.25, -0.2) is 0 Å². The molecular weight excluding hydrogens is 392 g/mol. The van der Waals surface area contributed by atoms with Crippen LogP contribution >= 0.6 is 0 Å². The molecule has 31 heavy (non-hydrogen) atoms. The second-order valence-electron chi connectivity index (χ2n) is 8.52. The Morgan fingerprint density at radius 2 is 1.87 bits per heavy atom. The molecule has 2 aliphatic heterocycles. The summed E-state index contributed by atoms with van der Waals surface area (Å²) in [6.07, 6.45) is 10.1. The topological polar surface area (TPSA) is 97.5 Å². The lowest BCUT2D eigenvalue weighted by molar-refractivity contribution is 0.0583. The van der Waals surface area contributed by atoms with Crippen LogP contribution in [0, 0.1) is 0 Å². The molecule has 7 nitrogen and oxygen atoms in total. The Kier molecular flexibility index (Phi) is 4.88.